The molecular weight excluding hydrogens is 390 g/mol. The Bertz CT molecular complexity index is 1240. The Morgan fingerprint density at radius 3 is 2.65 bits per heavy atom. The first-order chi connectivity index (χ1) is 15.0. The number of amides is 1. The summed E-state index contributed by atoms with van der Waals surface area (Å²) in [5.74, 6) is 1.86. The topological polar surface area (TPSA) is 89.0 Å². The largest absolute Gasteiger partial charge is 0.457 e. The molecule has 0 aliphatic rings. The zero-order chi connectivity index (χ0) is 21.8. The molecule has 0 unspecified atom stereocenters. The van der Waals surface area contributed by atoms with Crippen molar-refractivity contribution in [3.63, 3.8) is 0 Å². The van der Waals surface area contributed by atoms with Crippen molar-refractivity contribution < 1.29 is 9.53 Å². The van der Waals surface area contributed by atoms with E-state index in [1.165, 1.54) is 11.8 Å². The number of nitrogens with zero attached hydrogens (tertiary/aromatic N) is 3. The van der Waals surface area contributed by atoms with Crippen LogP contribution in [0.4, 0.5) is 11.6 Å². The minimum Gasteiger partial charge on any atom is -0.457 e. The van der Waals surface area contributed by atoms with Gasteiger partial charge in [-0.2, -0.15) is 0 Å². The third-order valence-electron chi connectivity index (χ3n) is 4.79. The maximum absolute atomic E-state index is 11.8. The van der Waals surface area contributed by atoms with Gasteiger partial charge in [0.1, 0.15) is 17.2 Å². The predicted octanol–water partition coefficient (Wildman–Crippen LogP) is 5.04. The lowest BCUT2D eigenvalue weighted by Gasteiger charge is -2.10. The molecule has 0 spiro atoms. The summed E-state index contributed by atoms with van der Waals surface area (Å²) in [6, 6.07) is 17.1. The lowest BCUT2D eigenvalue weighted by molar-refractivity contribution is 0.0958. The zero-order valence-corrected chi connectivity index (χ0v) is 17.6. The molecule has 2 aromatic carbocycles. The Labute approximate surface area is 180 Å². The lowest BCUT2D eigenvalue weighted by Crippen LogP contribution is -2.18. The van der Waals surface area contributed by atoms with Crippen LogP contribution < -0.4 is 15.4 Å². The summed E-state index contributed by atoms with van der Waals surface area (Å²) in [5, 5.41) is 6.66. The standard InChI is InChI=1S/C24H23N5O2/c1-15(2)16-5-4-6-18(11-16)28-24-27-14-17-12-19(7-8-21(17)29-24)31-20-9-10-26-22(13-20)23(30)25-3/h4-15H,1-3H3,(H,25,30)(H,27,28,29). The Morgan fingerprint density at radius 1 is 1.00 bits per heavy atom. The van der Waals surface area contributed by atoms with Gasteiger partial charge in [-0.05, 0) is 47.9 Å². The second-order valence-electron chi connectivity index (χ2n) is 7.38. The van der Waals surface area contributed by atoms with Crippen LogP contribution in [-0.2, 0) is 0 Å². The van der Waals surface area contributed by atoms with E-state index in [4.69, 9.17) is 4.74 Å². The van der Waals surface area contributed by atoms with Gasteiger partial charge in [-0.3, -0.25) is 9.78 Å². The molecule has 2 heterocycles. The van der Waals surface area contributed by atoms with Crippen molar-refractivity contribution in [2.75, 3.05) is 12.4 Å². The second-order valence-corrected chi connectivity index (χ2v) is 7.38. The molecule has 2 aromatic heterocycles. The van der Waals surface area contributed by atoms with Gasteiger partial charge in [-0.15, -0.1) is 0 Å². The molecule has 7 nitrogen and oxygen atoms in total. The molecule has 0 aliphatic heterocycles. The van der Waals surface area contributed by atoms with Crippen LogP contribution in [-0.4, -0.2) is 27.9 Å². The fourth-order valence-electron chi connectivity index (χ4n) is 3.10. The minimum atomic E-state index is -0.267. The fourth-order valence-corrected chi connectivity index (χ4v) is 3.10. The molecule has 156 valence electrons. The number of pyridine rings is 1. The molecule has 2 N–H and O–H groups in total. The summed E-state index contributed by atoms with van der Waals surface area (Å²) in [5.41, 5.74) is 3.30. The van der Waals surface area contributed by atoms with Gasteiger partial charge in [0.15, 0.2) is 0 Å². The zero-order valence-electron chi connectivity index (χ0n) is 17.6. The van der Waals surface area contributed by atoms with Crippen LogP contribution >= 0.6 is 0 Å². The molecule has 31 heavy (non-hydrogen) atoms. The average Bonchev–Trinajstić information content (AvgIpc) is 2.79. The van der Waals surface area contributed by atoms with E-state index >= 15 is 0 Å². The molecule has 1 amide bonds. The highest BCUT2D eigenvalue weighted by Gasteiger charge is 2.08. The number of rotatable bonds is 6. The number of hydrogen-bond acceptors (Lipinski definition) is 6. The maximum Gasteiger partial charge on any atom is 0.269 e. The Hall–Kier alpha value is -4.00. The molecule has 0 saturated heterocycles. The van der Waals surface area contributed by atoms with E-state index in [0.717, 1.165) is 16.6 Å². The van der Waals surface area contributed by atoms with Gasteiger partial charge in [-0.1, -0.05) is 26.0 Å². The van der Waals surface area contributed by atoms with E-state index in [0.29, 0.717) is 29.1 Å². The highest BCUT2D eigenvalue weighted by molar-refractivity contribution is 5.92. The molecule has 0 bridgehead atoms. The van der Waals surface area contributed by atoms with E-state index in [2.05, 4.69) is 51.6 Å². The monoisotopic (exact) mass is 413 g/mol. The van der Waals surface area contributed by atoms with Crippen molar-refractivity contribution in [1.29, 1.82) is 0 Å². The van der Waals surface area contributed by atoms with Gasteiger partial charge >= 0.3 is 0 Å². The van der Waals surface area contributed by atoms with Crippen molar-refractivity contribution in [2.24, 2.45) is 0 Å². The van der Waals surface area contributed by atoms with Gasteiger partial charge in [0.25, 0.3) is 5.91 Å². The van der Waals surface area contributed by atoms with Gasteiger partial charge in [0.05, 0.1) is 5.52 Å². The molecule has 0 aliphatic carbocycles. The SMILES string of the molecule is CNC(=O)c1cc(Oc2ccc3nc(Nc4cccc(C(C)C)c4)ncc3c2)ccn1. The summed E-state index contributed by atoms with van der Waals surface area (Å²) >= 11 is 0. The van der Waals surface area contributed by atoms with Crippen LogP contribution in [0.1, 0.15) is 35.8 Å². The molecule has 4 aromatic rings. The van der Waals surface area contributed by atoms with Gasteiger partial charge in [-0.25, -0.2) is 9.97 Å². The predicted molar refractivity (Wildman–Crippen MR) is 121 cm³/mol. The molecule has 7 heteroatoms. The van der Waals surface area contributed by atoms with E-state index in [1.807, 2.05) is 30.3 Å². The van der Waals surface area contributed by atoms with E-state index in [9.17, 15) is 4.79 Å². The fraction of sp³-hybridized carbons (Fsp3) is 0.167. The van der Waals surface area contributed by atoms with Crippen LogP contribution in [0.5, 0.6) is 11.5 Å². The Morgan fingerprint density at radius 2 is 1.84 bits per heavy atom. The maximum atomic E-state index is 11.8. The Kier molecular flexibility index (Phi) is 5.75. The summed E-state index contributed by atoms with van der Waals surface area (Å²) < 4.78 is 5.89. The van der Waals surface area contributed by atoms with Crippen LogP contribution in [0.15, 0.2) is 67.0 Å². The molecular formula is C24H23N5O2. The smallest absolute Gasteiger partial charge is 0.269 e. The van der Waals surface area contributed by atoms with Gasteiger partial charge in [0.2, 0.25) is 5.95 Å². The first-order valence-electron chi connectivity index (χ1n) is 10.0. The summed E-state index contributed by atoms with van der Waals surface area (Å²) in [4.78, 5) is 24.8. The van der Waals surface area contributed by atoms with Crippen LogP contribution in [0.3, 0.4) is 0 Å². The third kappa shape index (κ3) is 4.78. The first kappa shape index (κ1) is 20.3. The van der Waals surface area contributed by atoms with E-state index in [-0.39, 0.29) is 5.91 Å². The first-order valence-corrected chi connectivity index (χ1v) is 10.0. The average molecular weight is 413 g/mol. The number of aromatic nitrogens is 3. The van der Waals surface area contributed by atoms with Crippen molar-refractivity contribution >= 4 is 28.4 Å². The van der Waals surface area contributed by atoms with E-state index in [1.54, 1.807) is 25.4 Å². The van der Waals surface area contributed by atoms with Crippen molar-refractivity contribution in [3.05, 3.63) is 78.2 Å². The van der Waals surface area contributed by atoms with Gasteiger partial charge in [0, 0.05) is 36.6 Å². The molecule has 0 atom stereocenters. The summed E-state index contributed by atoms with van der Waals surface area (Å²) in [7, 11) is 1.56. The number of fused-ring (bicyclic) bond motifs is 1. The molecule has 4 rings (SSSR count). The highest BCUT2D eigenvalue weighted by atomic mass is 16.5. The second kappa shape index (κ2) is 8.79. The molecule has 0 saturated carbocycles. The van der Waals surface area contributed by atoms with Crippen molar-refractivity contribution in [2.45, 2.75) is 19.8 Å². The highest BCUT2D eigenvalue weighted by Crippen LogP contribution is 2.26. The number of ether oxygens (including phenoxy) is 1. The third-order valence-corrected chi connectivity index (χ3v) is 4.79. The number of nitrogens with one attached hydrogen (secondary N) is 2. The molecule has 0 radical (unpaired) electrons. The summed E-state index contributed by atoms with van der Waals surface area (Å²) in [6.45, 7) is 4.33. The number of anilines is 2. The van der Waals surface area contributed by atoms with Crippen molar-refractivity contribution in [1.82, 2.24) is 20.3 Å². The van der Waals surface area contributed by atoms with E-state index < -0.39 is 0 Å². The normalized spacial score (nSPS) is 10.8. The van der Waals surface area contributed by atoms with Crippen LogP contribution in [0.25, 0.3) is 10.9 Å². The minimum absolute atomic E-state index is 0.267. The quantitative estimate of drug-likeness (QED) is 0.460. The molecule has 0 fully saturated rings. The van der Waals surface area contributed by atoms with Crippen LogP contribution in [0, 0.1) is 0 Å². The van der Waals surface area contributed by atoms with Gasteiger partial charge < -0.3 is 15.4 Å². The Balaban J connectivity index is 1.53. The number of benzene rings is 2. The number of carbonyl (C=O) groups excluding carboxylic acids is 1. The number of hydrogen-bond donors (Lipinski definition) is 2. The summed E-state index contributed by atoms with van der Waals surface area (Å²) in [6.07, 6.45) is 3.29. The number of carbonyl (C=O) groups is 1. The van der Waals surface area contributed by atoms with Crippen LogP contribution in [0.2, 0.25) is 0 Å². The van der Waals surface area contributed by atoms with Crippen molar-refractivity contribution in [3.8, 4) is 11.5 Å². The lowest BCUT2D eigenvalue weighted by atomic mass is 10.0.